The van der Waals surface area contributed by atoms with E-state index in [0.29, 0.717) is 11.7 Å². The third-order valence-corrected chi connectivity index (χ3v) is 7.67. The number of Topliss-reactive ketones (excluding diaryl/α,β-unsaturated/α-hetero) is 1. The number of carbonyl (C=O) groups is 1. The van der Waals surface area contributed by atoms with E-state index in [-0.39, 0.29) is 23.4 Å². The van der Waals surface area contributed by atoms with Crippen LogP contribution in [0, 0.1) is 32.6 Å². The molecule has 1 unspecified atom stereocenters. The zero-order valence-electron chi connectivity index (χ0n) is 20.9. The Bertz CT molecular complexity index is 1440. The number of rotatable bonds is 4. The Morgan fingerprint density at radius 2 is 1.83 bits per heavy atom. The van der Waals surface area contributed by atoms with Crippen LogP contribution in [0.25, 0.3) is 11.4 Å². The van der Waals surface area contributed by atoms with Crippen molar-refractivity contribution >= 4 is 23.0 Å². The van der Waals surface area contributed by atoms with Gasteiger partial charge in [0.05, 0.1) is 5.69 Å². The smallest absolute Gasteiger partial charge is 0.253 e. The molecular weight excluding hydrogens is 440 g/mol. The Hall–Kier alpha value is -3.36. The van der Waals surface area contributed by atoms with Crippen molar-refractivity contribution in [2.45, 2.75) is 65.7 Å². The molecule has 1 aliphatic heterocycles. The lowest BCUT2D eigenvalue weighted by Gasteiger charge is -2.28. The van der Waals surface area contributed by atoms with E-state index in [9.17, 15) is 4.79 Å². The van der Waals surface area contributed by atoms with Gasteiger partial charge in [0, 0.05) is 54.1 Å². The zero-order chi connectivity index (χ0) is 24.3. The van der Waals surface area contributed by atoms with Crippen molar-refractivity contribution in [1.29, 1.82) is 0 Å². The summed E-state index contributed by atoms with van der Waals surface area (Å²) >= 11 is 0. The molecule has 1 saturated carbocycles. The second-order valence-corrected chi connectivity index (χ2v) is 10.5. The van der Waals surface area contributed by atoms with E-state index in [1.54, 1.807) is 4.52 Å². The molecule has 9 nitrogen and oxygen atoms in total. The van der Waals surface area contributed by atoms with E-state index in [1.807, 2.05) is 24.4 Å². The highest BCUT2D eigenvalue weighted by Gasteiger charge is 2.36. The Morgan fingerprint density at radius 3 is 2.63 bits per heavy atom. The molecule has 1 aliphatic carbocycles. The number of ketones is 1. The summed E-state index contributed by atoms with van der Waals surface area (Å²) < 4.78 is 3.54. The van der Waals surface area contributed by atoms with Crippen LogP contribution in [0.2, 0.25) is 0 Å². The van der Waals surface area contributed by atoms with Crippen LogP contribution in [-0.4, -0.2) is 53.1 Å². The lowest BCUT2D eigenvalue weighted by Crippen LogP contribution is -2.27. The molecule has 4 aromatic heterocycles. The molecule has 9 heteroatoms. The number of nitrogens with zero attached hydrogens (tertiary/aromatic N) is 8. The quantitative estimate of drug-likeness (QED) is 0.413. The van der Waals surface area contributed by atoms with Gasteiger partial charge in [-0.15, -0.1) is 5.10 Å². The maximum Gasteiger partial charge on any atom is 0.253 e. The molecule has 0 N–H and O–H groups in total. The summed E-state index contributed by atoms with van der Waals surface area (Å²) in [6.07, 6.45) is 7.14. The van der Waals surface area contributed by atoms with Gasteiger partial charge in [-0.2, -0.15) is 10.1 Å². The lowest BCUT2D eigenvalue weighted by atomic mass is 9.75. The van der Waals surface area contributed by atoms with Gasteiger partial charge in [0.1, 0.15) is 5.82 Å². The van der Waals surface area contributed by atoms with Crippen molar-refractivity contribution in [3.63, 3.8) is 0 Å². The summed E-state index contributed by atoms with van der Waals surface area (Å²) in [4.78, 5) is 30.0. The van der Waals surface area contributed by atoms with Gasteiger partial charge in [0.15, 0.2) is 5.65 Å². The molecule has 0 bridgehead atoms. The number of fused-ring (bicyclic) bond motifs is 2. The number of aromatic nitrogens is 7. The topological polar surface area (TPSA) is 93.6 Å². The SMILES string of the molecule is Cc1cc(C)n2nc(C(=O)C3CCCC[C@H]3c3cc4nc(N5CC[C@H](C)C5)c(C)cn4n3)nc2n1. The Balaban J connectivity index is 1.33. The first kappa shape index (κ1) is 22.1. The highest BCUT2D eigenvalue weighted by molar-refractivity contribution is 5.95. The van der Waals surface area contributed by atoms with E-state index in [4.69, 9.17) is 10.1 Å². The number of hydrogen-bond donors (Lipinski definition) is 0. The molecule has 2 fully saturated rings. The van der Waals surface area contributed by atoms with Crippen molar-refractivity contribution in [3.8, 4) is 0 Å². The van der Waals surface area contributed by atoms with Crippen LogP contribution in [0.3, 0.4) is 0 Å². The molecule has 182 valence electrons. The summed E-state index contributed by atoms with van der Waals surface area (Å²) in [7, 11) is 0. The van der Waals surface area contributed by atoms with Gasteiger partial charge >= 0.3 is 0 Å². The fourth-order valence-electron chi connectivity index (χ4n) is 5.88. The molecule has 0 amide bonds. The summed E-state index contributed by atoms with van der Waals surface area (Å²) in [5.41, 5.74) is 4.70. The van der Waals surface area contributed by atoms with Gasteiger partial charge in [0.2, 0.25) is 11.6 Å². The molecular formula is C26H32N8O. The first-order valence-electron chi connectivity index (χ1n) is 12.7. The molecule has 6 rings (SSSR count). The minimum atomic E-state index is -0.188. The molecule has 1 saturated heterocycles. The van der Waals surface area contributed by atoms with Gasteiger partial charge in [-0.1, -0.05) is 19.8 Å². The largest absolute Gasteiger partial charge is 0.356 e. The number of hydrogen-bond acceptors (Lipinski definition) is 7. The van der Waals surface area contributed by atoms with Crippen molar-refractivity contribution in [2.24, 2.45) is 11.8 Å². The highest BCUT2D eigenvalue weighted by Crippen LogP contribution is 2.39. The molecule has 35 heavy (non-hydrogen) atoms. The van der Waals surface area contributed by atoms with Crippen LogP contribution in [0.5, 0.6) is 0 Å². The predicted octanol–water partition coefficient (Wildman–Crippen LogP) is 4.10. The fraction of sp³-hybridized carbons (Fsp3) is 0.538. The van der Waals surface area contributed by atoms with Crippen molar-refractivity contribution in [3.05, 3.63) is 46.8 Å². The average molecular weight is 473 g/mol. The van der Waals surface area contributed by atoms with Gasteiger partial charge in [-0.25, -0.2) is 19.0 Å². The van der Waals surface area contributed by atoms with Crippen molar-refractivity contribution < 1.29 is 4.79 Å². The minimum absolute atomic E-state index is 0.00908. The predicted molar refractivity (Wildman–Crippen MR) is 133 cm³/mol. The molecule has 2 aliphatic rings. The zero-order valence-corrected chi connectivity index (χ0v) is 20.9. The van der Waals surface area contributed by atoms with E-state index in [2.05, 4.69) is 46.1 Å². The summed E-state index contributed by atoms with van der Waals surface area (Å²) in [6.45, 7) is 10.4. The maximum atomic E-state index is 13.7. The number of aryl methyl sites for hydroxylation is 3. The molecule has 5 heterocycles. The van der Waals surface area contributed by atoms with Gasteiger partial charge in [-0.05, 0) is 52.0 Å². The van der Waals surface area contributed by atoms with E-state index in [0.717, 1.165) is 72.9 Å². The van der Waals surface area contributed by atoms with Crippen LogP contribution in [-0.2, 0) is 0 Å². The third-order valence-electron chi connectivity index (χ3n) is 7.67. The molecule has 4 aromatic rings. The Kier molecular flexibility index (Phi) is 5.30. The first-order chi connectivity index (χ1) is 16.9. The fourth-order valence-corrected chi connectivity index (χ4v) is 5.88. The lowest BCUT2D eigenvalue weighted by molar-refractivity contribution is 0.0855. The third kappa shape index (κ3) is 3.86. The minimum Gasteiger partial charge on any atom is -0.356 e. The molecule has 0 spiro atoms. The second-order valence-electron chi connectivity index (χ2n) is 10.5. The van der Waals surface area contributed by atoms with Gasteiger partial charge in [-0.3, -0.25) is 4.79 Å². The van der Waals surface area contributed by atoms with Crippen LogP contribution in [0.4, 0.5) is 5.82 Å². The number of anilines is 1. The second kappa shape index (κ2) is 8.39. The summed E-state index contributed by atoms with van der Waals surface area (Å²) in [5.74, 6) is 2.32. The van der Waals surface area contributed by atoms with Crippen LogP contribution in [0.1, 0.15) is 78.2 Å². The van der Waals surface area contributed by atoms with Crippen LogP contribution < -0.4 is 4.90 Å². The standard InChI is InChI=1S/C26H32N8O/c1-15-9-10-32(13-15)25-16(2)14-33-22(28-25)12-21(30-33)19-7-5-6-8-20(19)23(35)24-29-26-27-17(3)11-18(4)34(26)31-24/h11-12,14-15,19-20H,5-10,13H2,1-4H3/t15-,19+,20?/m0/s1. The average Bonchev–Trinajstić information content (AvgIpc) is 3.56. The highest BCUT2D eigenvalue weighted by atomic mass is 16.1. The summed E-state index contributed by atoms with van der Waals surface area (Å²) in [5, 5.41) is 9.42. The Morgan fingerprint density at radius 1 is 1.00 bits per heavy atom. The van der Waals surface area contributed by atoms with Crippen molar-refractivity contribution in [1.82, 2.24) is 34.2 Å². The molecule has 0 radical (unpaired) electrons. The van der Waals surface area contributed by atoms with Crippen LogP contribution in [0.15, 0.2) is 18.3 Å². The Labute approximate surface area is 204 Å². The maximum absolute atomic E-state index is 13.7. The normalized spacial score (nSPS) is 23.0. The number of carbonyl (C=O) groups excluding carboxylic acids is 1. The summed E-state index contributed by atoms with van der Waals surface area (Å²) in [6, 6.07) is 4.02. The first-order valence-corrected chi connectivity index (χ1v) is 12.7. The van der Waals surface area contributed by atoms with Crippen LogP contribution >= 0.6 is 0 Å². The van der Waals surface area contributed by atoms with Gasteiger partial charge in [0.25, 0.3) is 5.78 Å². The van der Waals surface area contributed by atoms with E-state index >= 15 is 0 Å². The molecule has 0 aromatic carbocycles. The monoisotopic (exact) mass is 472 g/mol. The van der Waals surface area contributed by atoms with E-state index < -0.39 is 0 Å². The van der Waals surface area contributed by atoms with Crippen molar-refractivity contribution in [2.75, 3.05) is 18.0 Å². The van der Waals surface area contributed by atoms with Gasteiger partial charge < -0.3 is 4.90 Å². The molecule has 3 atom stereocenters. The van der Waals surface area contributed by atoms with E-state index in [1.165, 1.54) is 6.42 Å².